The minimum Gasteiger partial charge on any atom is -0.388 e. The molecule has 72 valence electrons. The predicted octanol–water partition coefficient (Wildman–Crippen LogP) is 3.73. The summed E-state index contributed by atoms with van der Waals surface area (Å²) in [6.45, 7) is 0. The van der Waals surface area contributed by atoms with Crippen LogP contribution in [0.4, 0.5) is 0 Å². The molecule has 0 bridgehead atoms. The van der Waals surface area contributed by atoms with Crippen LogP contribution in [0.15, 0.2) is 15.2 Å². The highest BCUT2D eigenvalue weighted by Gasteiger charge is 2.22. The average Bonchev–Trinajstić information content (AvgIpc) is 2.84. The first-order chi connectivity index (χ1) is 6.25. The zero-order valence-electron chi connectivity index (χ0n) is 7.37. The van der Waals surface area contributed by atoms with Gasteiger partial charge in [0.25, 0.3) is 0 Å². The Morgan fingerprint density at radius 2 is 2.38 bits per heavy atom. The topological polar surface area (TPSA) is 20.2 Å². The van der Waals surface area contributed by atoms with Gasteiger partial charge in [-0.05, 0) is 51.7 Å². The molecule has 1 heterocycles. The summed E-state index contributed by atoms with van der Waals surface area (Å²) in [5.41, 5.74) is 1.07. The molecule has 1 atom stereocenters. The van der Waals surface area contributed by atoms with Gasteiger partial charge >= 0.3 is 0 Å². The first-order valence-electron chi connectivity index (χ1n) is 4.67. The Bertz CT molecular complexity index is 280. The fourth-order valence-electron chi connectivity index (χ4n) is 1.46. The second-order valence-corrected chi connectivity index (χ2v) is 6.01. The van der Waals surface area contributed by atoms with Gasteiger partial charge in [-0.1, -0.05) is 12.8 Å². The van der Waals surface area contributed by atoms with Gasteiger partial charge in [0.1, 0.15) is 0 Å². The van der Waals surface area contributed by atoms with E-state index in [-0.39, 0.29) is 6.10 Å². The highest BCUT2D eigenvalue weighted by atomic mass is 79.9. The molecule has 1 aromatic heterocycles. The monoisotopic (exact) mass is 260 g/mol. The molecule has 13 heavy (non-hydrogen) atoms. The number of aliphatic hydroxyl groups excluding tert-OH is 1. The molecule has 1 unspecified atom stereocenters. The van der Waals surface area contributed by atoms with Gasteiger partial charge in [0.2, 0.25) is 0 Å². The maximum absolute atomic E-state index is 9.80. The molecule has 0 spiro atoms. The Labute approximate surface area is 90.9 Å². The van der Waals surface area contributed by atoms with Gasteiger partial charge < -0.3 is 5.11 Å². The lowest BCUT2D eigenvalue weighted by atomic mass is 10.1. The second-order valence-electron chi connectivity index (χ2n) is 3.72. The molecule has 1 aromatic rings. The van der Waals surface area contributed by atoms with Gasteiger partial charge in [-0.15, -0.1) is 11.3 Å². The van der Waals surface area contributed by atoms with E-state index >= 15 is 0 Å². The van der Waals surface area contributed by atoms with Crippen LogP contribution in [-0.2, 0) is 0 Å². The Hall–Kier alpha value is 0.140. The summed E-state index contributed by atoms with van der Waals surface area (Å²) in [4.78, 5) is 0. The van der Waals surface area contributed by atoms with E-state index < -0.39 is 0 Å². The van der Waals surface area contributed by atoms with Crippen LogP contribution in [0.25, 0.3) is 0 Å². The molecule has 1 N–H and O–H groups in total. The van der Waals surface area contributed by atoms with Crippen molar-refractivity contribution < 1.29 is 5.11 Å². The van der Waals surface area contributed by atoms with E-state index in [1.165, 1.54) is 19.3 Å². The van der Waals surface area contributed by atoms with Gasteiger partial charge in [0, 0.05) is 0 Å². The molecular weight excluding hydrogens is 248 g/mol. The fourth-order valence-corrected chi connectivity index (χ4v) is 2.69. The SMILES string of the molecule is OC(CCC1CC1)c1csc(Br)c1. The van der Waals surface area contributed by atoms with Crippen LogP contribution in [0.5, 0.6) is 0 Å². The summed E-state index contributed by atoms with van der Waals surface area (Å²) in [5, 5.41) is 11.8. The maximum atomic E-state index is 9.80. The smallest absolute Gasteiger partial charge is 0.0798 e. The molecule has 0 aromatic carbocycles. The summed E-state index contributed by atoms with van der Waals surface area (Å²) in [6, 6.07) is 2.02. The van der Waals surface area contributed by atoms with Gasteiger partial charge in [0.05, 0.1) is 9.89 Å². The summed E-state index contributed by atoms with van der Waals surface area (Å²) in [6.07, 6.45) is 4.62. The van der Waals surface area contributed by atoms with Crippen LogP contribution in [0.1, 0.15) is 37.4 Å². The average molecular weight is 261 g/mol. The van der Waals surface area contributed by atoms with E-state index in [1.807, 2.05) is 11.4 Å². The van der Waals surface area contributed by atoms with Crippen LogP contribution in [-0.4, -0.2) is 5.11 Å². The summed E-state index contributed by atoms with van der Waals surface area (Å²) in [7, 11) is 0. The summed E-state index contributed by atoms with van der Waals surface area (Å²) >= 11 is 5.04. The standard InChI is InChI=1S/C10H13BrOS/c11-10-5-8(6-13-10)9(12)4-3-7-1-2-7/h5-7,9,12H,1-4H2. The summed E-state index contributed by atoms with van der Waals surface area (Å²) < 4.78 is 1.10. The molecule has 1 nitrogen and oxygen atoms in total. The Kier molecular flexibility index (Phi) is 3.06. The van der Waals surface area contributed by atoms with Gasteiger partial charge in [-0.3, -0.25) is 0 Å². The Morgan fingerprint density at radius 1 is 1.62 bits per heavy atom. The highest BCUT2D eigenvalue weighted by Crippen LogP contribution is 2.36. The lowest BCUT2D eigenvalue weighted by Gasteiger charge is -2.07. The normalized spacial score (nSPS) is 18.9. The number of halogens is 1. The molecule has 0 saturated heterocycles. The molecule has 1 saturated carbocycles. The van der Waals surface area contributed by atoms with E-state index in [4.69, 9.17) is 0 Å². The van der Waals surface area contributed by atoms with E-state index in [9.17, 15) is 5.11 Å². The number of thiophene rings is 1. The van der Waals surface area contributed by atoms with Crippen LogP contribution in [0, 0.1) is 5.92 Å². The van der Waals surface area contributed by atoms with Crippen molar-refractivity contribution in [3.63, 3.8) is 0 Å². The first kappa shape index (κ1) is 9.69. The van der Waals surface area contributed by atoms with Gasteiger partial charge in [-0.25, -0.2) is 0 Å². The third-order valence-electron chi connectivity index (χ3n) is 2.52. The fraction of sp³-hybridized carbons (Fsp3) is 0.600. The van der Waals surface area contributed by atoms with Crippen molar-refractivity contribution in [3.05, 3.63) is 20.8 Å². The molecule has 2 rings (SSSR count). The third kappa shape index (κ3) is 2.79. The molecule has 1 fully saturated rings. The number of aliphatic hydroxyl groups is 1. The van der Waals surface area contributed by atoms with Crippen LogP contribution in [0.2, 0.25) is 0 Å². The highest BCUT2D eigenvalue weighted by molar-refractivity contribution is 9.11. The molecule has 1 aliphatic carbocycles. The maximum Gasteiger partial charge on any atom is 0.0798 e. The molecule has 1 aliphatic rings. The number of hydrogen-bond acceptors (Lipinski definition) is 2. The molecule has 3 heteroatoms. The number of rotatable bonds is 4. The third-order valence-corrected chi connectivity index (χ3v) is 4.04. The van der Waals surface area contributed by atoms with Crippen molar-refractivity contribution in [1.29, 1.82) is 0 Å². The number of hydrogen-bond donors (Lipinski definition) is 1. The van der Waals surface area contributed by atoms with Crippen molar-refractivity contribution in [3.8, 4) is 0 Å². The molecular formula is C10H13BrOS. The van der Waals surface area contributed by atoms with Crippen molar-refractivity contribution in [2.24, 2.45) is 5.92 Å². The lowest BCUT2D eigenvalue weighted by molar-refractivity contribution is 0.163. The lowest BCUT2D eigenvalue weighted by Crippen LogP contribution is -1.95. The largest absolute Gasteiger partial charge is 0.388 e. The first-order valence-corrected chi connectivity index (χ1v) is 6.35. The van der Waals surface area contributed by atoms with Crippen LogP contribution < -0.4 is 0 Å². The van der Waals surface area contributed by atoms with Crippen molar-refractivity contribution >= 4 is 27.3 Å². The predicted molar refractivity (Wildman–Crippen MR) is 58.9 cm³/mol. The van der Waals surface area contributed by atoms with E-state index in [0.717, 1.165) is 21.7 Å². The Morgan fingerprint density at radius 3 is 2.92 bits per heavy atom. The second kappa shape index (κ2) is 4.11. The van der Waals surface area contributed by atoms with Crippen molar-refractivity contribution in [1.82, 2.24) is 0 Å². The quantitative estimate of drug-likeness (QED) is 0.875. The minimum atomic E-state index is -0.247. The van der Waals surface area contributed by atoms with Crippen LogP contribution in [0.3, 0.4) is 0 Å². The van der Waals surface area contributed by atoms with E-state index in [1.54, 1.807) is 11.3 Å². The molecule has 0 amide bonds. The molecule has 0 radical (unpaired) electrons. The minimum absolute atomic E-state index is 0.247. The summed E-state index contributed by atoms with van der Waals surface area (Å²) in [5.74, 6) is 0.914. The Balaban J connectivity index is 1.84. The van der Waals surface area contributed by atoms with Gasteiger partial charge in [-0.2, -0.15) is 0 Å². The zero-order chi connectivity index (χ0) is 9.26. The van der Waals surface area contributed by atoms with E-state index in [2.05, 4.69) is 15.9 Å². The molecule has 0 aliphatic heterocycles. The van der Waals surface area contributed by atoms with Gasteiger partial charge in [0.15, 0.2) is 0 Å². The zero-order valence-corrected chi connectivity index (χ0v) is 9.77. The van der Waals surface area contributed by atoms with Crippen LogP contribution >= 0.6 is 27.3 Å². The van der Waals surface area contributed by atoms with Crippen molar-refractivity contribution in [2.45, 2.75) is 31.8 Å². The van der Waals surface area contributed by atoms with E-state index in [0.29, 0.717) is 0 Å². The van der Waals surface area contributed by atoms with Crippen molar-refractivity contribution in [2.75, 3.05) is 0 Å².